The summed E-state index contributed by atoms with van der Waals surface area (Å²) < 4.78 is 20.3. The van der Waals surface area contributed by atoms with E-state index in [1.165, 1.54) is 22.3 Å². The van der Waals surface area contributed by atoms with Crippen LogP contribution in [0.3, 0.4) is 0 Å². The Bertz CT molecular complexity index is 1960. The predicted octanol–water partition coefficient (Wildman–Crippen LogP) is 10.2. The van der Waals surface area contributed by atoms with Gasteiger partial charge in [-0.1, -0.05) is 126 Å². The first-order valence-electron chi connectivity index (χ1n) is 18.0. The molecule has 4 heteroatoms. The molecular weight excluding hydrogens is 604 g/mol. The molecule has 4 nitrogen and oxygen atoms in total. The lowest BCUT2D eigenvalue weighted by Crippen LogP contribution is -2.45. The molecule has 1 atom stereocenters. The molecule has 8 rings (SSSR count). The fraction of sp³-hybridized carbons (Fsp3) is 0.489. The van der Waals surface area contributed by atoms with Crippen LogP contribution in [0.5, 0.6) is 17.2 Å². The van der Waals surface area contributed by atoms with Crippen LogP contribution in [-0.4, -0.2) is 18.2 Å². The number of hydrogen-bond acceptors (Lipinski definition) is 4. The highest BCUT2D eigenvalue weighted by atomic mass is 16.7. The summed E-state index contributed by atoms with van der Waals surface area (Å²) in [6.07, 6.45) is 6.55. The molecular formula is C45H54O4. The highest BCUT2D eigenvalue weighted by Gasteiger charge is 2.49. The molecule has 1 aliphatic carbocycles. The number of carbonyl (C=O) groups is 1. The summed E-state index contributed by atoms with van der Waals surface area (Å²) in [5.41, 5.74) is 10.8. The average molecular weight is 659 g/mol. The molecule has 4 heterocycles. The Morgan fingerprint density at radius 3 is 1.37 bits per heavy atom. The van der Waals surface area contributed by atoms with Gasteiger partial charge in [-0.3, -0.25) is 4.79 Å². The van der Waals surface area contributed by atoms with Gasteiger partial charge in [-0.25, -0.2) is 0 Å². The summed E-state index contributed by atoms with van der Waals surface area (Å²) in [4.78, 5) is 15.0. The quantitative estimate of drug-likeness (QED) is 0.241. The molecule has 3 aromatic rings. The van der Waals surface area contributed by atoms with Crippen molar-refractivity contribution in [2.24, 2.45) is 5.41 Å². The number of allylic oxidation sites excluding steroid dienone is 2. The monoisotopic (exact) mass is 658 g/mol. The molecule has 258 valence electrons. The van der Waals surface area contributed by atoms with Gasteiger partial charge in [-0.15, -0.1) is 0 Å². The maximum absolute atomic E-state index is 15.0. The van der Waals surface area contributed by atoms with E-state index in [-0.39, 0.29) is 34.2 Å². The summed E-state index contributed by atoms with van der Waals surface area (Å²) in [6.45, 7) is 27.1. The third-order valence-corrected chi connectivity index (χ3v) is 10.9. The molecule has 1 spiro atoms. The van der Waals surface area contributed by atoms with Crippen LogP contribution >= 0.6 is 0 Å². The van der Waals surface area contributed by atoms with Crippen LogP contribution in [0.4, 0.5) is 0 Å². The summed E-state index contributed by atoms with van der Waals surface area (Å²) in [5.74, 6) is 2.62. The van der Waals surface area contributed by atoms with Crippen LogP contribution in [-0.2, 0) is 46.7 Å². The molecule has 3 aromatic carbocycles. The van der Waals surface area contributed by atoms with E-state index in [1.807, 2.05) is 0 Å². The minimum absolute atomic E-state index is 0.0471. The van der Waals surface area contributed by atoms with E-state index >= 15 is 0 Å². The SMILES string of the molecule is CC(C)(C)C1=CC23Cc4cc(C(C)(C)C)cc(c4O2)Cc2cc(C(C)(C)C)cc4c2OCOc2c(cc(C(C)(C)C)cc2C4)CC(=C1)C3=O. The molecule has 0 radical (unpaired) electrons. The molecule has 4 aliphatic heterocycles. The van der Waals surface area contributed by atoms with Crippen molar-refractivity contribution >= 4 is 5.78 Å². The molecule has 0 N–H and O–H groups in total. The van der Waals surface area contributed by atoms with E-state index in [9.17, 15) is 4.79 Å². The zero-order valence-corrected chi connectivity index (χ0v) is 31.8. The summed E-state index contributed by atoms with van der Waals surface area (Å²) in [6, 6.07) is 13.8. The smallest absolute Gasteiger partial charge is 0.230 e. The summed E-state index contributed by atoms with van der Waals surface area (Å²) in [7, 11) is 0. The third-order valence-electron chi connectivity index (χ3n) is 10.9. The van der Waals surface area contributed by atoms with Crippen LogP contribution in [0.15, 0.2) is 59.7 Å². The molecule has 5 aliphatic rings. The van der Waals surface area contributed by atoms with Gasteiger partial charge in [-0.05, 0) is 83.4 Å². The van der Waals surface area contributed by atoms with Gasteiger partial charge in [0.1, 0.15) is 17.2 Å². The second-order valence-electron chi connectivity index (χ2n) is 19.1. The topological polar surface area (TPSA) is 44.8 Å². The van der Waals surface area contributed by atoms with Crippen LogP contribution in [0.2, 0.25) is 0 Å². The van der Waals surface area contributed by atoms with Crippen molar-refractivity contribution in [1.29, 1.82) is 0 Å². The van der Waals surface area contributed by atoms with Crippen LogP contribution in [0, 0.1) is 5.41 Å². The lowest BCUT2D eigenvalue weighted by atomic mass is 9.73. The van der Waals surface area contributed by atoms with Crippen molar-refractivity contribution in [2.75, 3.05) is 6.79 Å². The number of benzene rings is 3. The van der Waals surface area contributed by atoms with Crippen LogP contribution in [0.25, 0.3) is 0 Å². The Morgan fingerprint density at radius 2 is 0.939 bits per heavy atom. The van der Waals surface area contributed by atoms with Crippen molar-refractivity contribution in [3.05, 3.63) is 110 Å². The van der Waals surface area contributed by atoms with E-state index in [1.54, 1.807) is 0 Å². The number of fused-ring (bicyclic) bond motifs is 2. The number of ether oxygens (including phenoxy) is 3. The summed E-state index contributed by atoms with van der Waals surface area (Å²) >= 11 is 0. The molecule has 0 fully saturated rings. The molecule has 49 heavy (non-hydrogen) atoms. The maximum atomic E-state index is 15.0. The van der Waals surface area contributed by atoms with Gasteiger partial charge < -0.3 is 14.2 Å². The highest BCUT2D eigenvalue weighted by molar-refractivity contribution is 6.06. The van der Waals surface area contributed by atoms with Gasteiger partial charge in [0.15, 0.2) is 5.60 Å². The first kappa shape index (κ1) is 33.7. The second-order valence-corrected chi connectivity index (χ2v) is 19.1. The molecule has 0 aromatic heterocycles. The first-order chi connectivity index (χ1) is 22.6. The molecule has 0 amide bonds. The van der Waals surface area contributed by atoms with Crippen LogP contribution in [0.1, 0.15) is 133 Å². The van der Waals surface area contributed by atoms with Crippen molar-refractivity contribution in [3.8, 4) is 17.2 Å². The standard InChI is InChI=1S/C45H54O4/c1-41(2,3)33-16-26-13-27-17-34(42(4,5)6)19-29-15-31-21-36(44(10,11)12)24-45(40(31)46)23-32-22-35(43(7,8)9)20-30(39(32)49-45)14-28(18-33)37(26)47-25-48-38(27)29/h16-22,24H,13-15,23,25H2,1-12H3. The van der Waals surface area contributed by atoms with Crippen molar-refractivity contribution in [3.63, 3.8) is 0 Å². The molecule has 1 unspecified atom stereocenters. The highest BCUT2D eigenvalue weighted by Crippen LogP contribution is 2.49. The normalized spacial score (nSPS) is 20.3. The van der Waals surface area contributed by atoms with Gasteiger partial charge in [0.05, 0.1) is 0 Å². The van der Waals surface area contributed by atoms with Crippen molar-refractivity contribution in [2.45, 2.75) is 131 Å². The zero-order valence-electron chi connectivity index (χ0n) is 31.8. The van der Waals surface area contributed by atoms with Crippen LogP contribution < -0.4 is 14.2 Å². The van der Waals surface area contributed by atoms with E-state index in [4.69, 9.17) is 14.2 Å². The Morgan fingerprint density at radius 1 is 0.531 bits per heavy atom. The largest absolute Gasteiger partial charge is 0.474 e. The number of rotatable bonds is 0. The minimum atomic E-state index is -1.09. The zero-order chi connectivity index (χ0) is 35.5. The van der Waals surface area contributed by atoms with Gasteiger partial charge in [0.2, 0.25) is 12.6 Å². The Balaban J connectivity index is 1.57. The maximum Gasteiger partial charge on any atom is 0.230 e. The number of hydrogen-bond donors (Lipinski definition) is 0. The van der Waals surface area contributed by atoms with Gasteiger partial charge in [0, 0.05) is 31.3 Å². The molecule has 0 saturated carbocycles. The van der Waals surface area contributed by atoms with Gasteiger partial charge >= 0.3 is 0 Å². The van der Waals surface area contributed by atoms with E-state index in [2.05, 4.69) is 132 Å². The molecule has 0 saturated heterocycles. The van der Waals surface area contributed by atoms with Gasteiger partial charge in [-0.2, -0.15) is 0 Å². The Kier molecular flexibility index (Phi) is 7.46. The fourth-order valence-corrected chi connectivity index (χ4v) is 7.77. The number of Topliss-reactive ketones (excluding diaryl/α,β-unsaturated/α-hetero) is 1. The number of ketones is 1. The summed E-state index contributed by atoms with van der Waals surface area (Å²) in [5, 5.41) is 0. The lowest BCUT2D eigenvalue weighted by Gasteiger charge is -2.34. The Hall–Kier alpha value is -3.79. The first-order valence-corrected chi connectivity index (χ1v) is 18.0. The van der Waals surface area contributed by atoms with E-state index < -0.39 is 5.60 Å². The molecule has 9 bridgehead atoms. The van der Waals surface area contributed by atoms with E-state index in [0.717, 1.165) is 56.2 Å². The second kappa shape index (κ2) is 10.9. The lowest BCUT2D eigenvalue weighted by molar-refractivity contribution is -0.126. The fourth-order valence-electron chi connectivity index (χ4n) is 7.77. The average Bonchev–Trinajstić information content (AvgIpc) is 3.32. The Labute approximate surface area is 293 Å². The van der Waals surface area contributed by atoms with Crippen molar-refractivity contribution < 1.29 is 19.0 Å². The van der Waals surface area contributed by atoms with Gasteiger partial charge in [0.25, 0.3) is 0 Å². The number of carbonyl (C=O) groups excluding carboxylic acids is 1. The third kappa shape index (κ3) is 5.93. The minimum Gasteiger partial charge on any atom is -0.474 e. The predicted molar refractivity (Wildman–Crippen MR) is 199 cm³/mol. The van der Waals surface area contributed by atoms with Crippen molar-refractivity contribution in [1.82, 2.24) is 0 Å². The van der Waals surface area contributed by atoms with E-state index in [0.29, 0.717) is 25.7 Å².